The van der Waals surface area contributed by atoms with Crippen LogP contribution in [0.3, 0.4) is 0 Å². The van der Waals surface area contributed by atoms with Gasteiger partial charge in [0.1, 0.15) is 12.6 Å². The Labute approximate surface area is 191 Å². The monoisotopic (exact) mass is 477 g/mol. The van der Waals surface area contributed by atoms with Crippen LogP contribution in [0.4, 0.5) is 0 Å². The Balaban J connectivity index is 1.83. The molecule has 2 aromatic heterocycles. The number of hydrogen-bond donors (Lipinski definition) is 1. The van der Waals surface area contributed by atoms with Crippen molar-refractivity contribution in [3.05, 3.63) is 62.0 Å². The summed E-state index contributed by atoms with van der Waals surface area (Å²) in [5, 5.41) is 1.74. The number of nitrogens with one attached hydrogen (secondary N) is 1. The van der Waals surface area contributed by atoms with Gasteiger partial charge in [-0.15, -0.1) is 11.3 Å². The summed E-state index contributed by atoms with van der Waals surface area (Å²) >= 11 is 1.29. The molecule has 1 N–H and O–H groups in total. The van der Waals surface area contributed by atoms with Gasteiger partial charge in [-0.1, -0.05) is 19.9 Å². The lowest BCUT2D eigenvalue weighted by Gasteiger charge is -2.23. The molecule has 0 amide bonds. The first-order valence-corrected chi connectivity index (χ1v) is 12.5. The molecule has 0 aliphatic carbocycles. The fraction of sp³-hybridized carbons (Fsp3) is 0.409. The number of benzene rings is 1. The van der Waals surface area contributed by atoms with Crippen LogP contribution in [0.15, 0.2) is 33.4 Å². The minimum atomic E-state index is -3.98. The molecule has 0 spiro atoms. The van der Waals surface area contributed by atoms with Crippen molar-refractivity contribution in [2.24, 2.45) is 5.92 Å². The number of aryl methyl sites for hydroxylation is 2. The second-order valence-electron chi connectivity index (χ2n) is 8.18. The minimum Gasteiger partial charge on any atom is -0.458 e. The molecule has 1 atom stereocenters. The van der Waals surface area contributed by atoms with Crippen molar-refractivity contribution in [3.8, 4) is 0 Å². The third-order valence-electron chi connectivity index (χ3n) is 5.49. The zero-order valence-corrected chi connectivity index (χ0v) is 20.6. The van der Waals surface area contributed by atoms with Crippen molar-refractivity contribution in [3.63, 3.8) is 0 Å². The van der Waals surface area contributed by atoms with Crippen LogP contribution in [0, 0.1) is 33.6 Å². The molecule has 0 aliphatic rings. The smallest absolute Gasteiger partial charge is 0.324 e. The number of fused-ring (bicyclic) bond motifs is 1. The van der Waals surface area contributed by atoms with Gasteiger partial charge in [0.25, 0.3) is 5.56 Å². The van der Waals surface area contributed by atoms with E-state index < -0.39 is 22.0 Å². The normalized spacial score (nSPS) is 13.0. The Morgan fingerprint density at radius 3 is 2.38 bits per heavy atom. The number of esters is 1. The first-order valence-electron chi connectivity index (χ1n) is 10.1. The first kappa shape index (κ1) is 24.1. The average molecular weight is 478 g/mol. The summed E-state index contributed by atoms with van der Waals surface area (Å²) in [7, 11) is -3.98. The Hall–Kier alpha value is -2.56. The van der Waals surface area contributed by atoms with Crippen molar-refractivity contribution in [2.75, 3.05) is 0 Å². The molecule has 172 valence electrons. The first-order chi connectivity index (χ1) is 14.9. The highest BCUT2D eigenvalue weighted by atomic mass is 32.2. The number of sulfonamides is 1. The summed E-state index contributed by atoms with van der Waals surface area (Å²) in [6.45, 7) is 10.5. The summed E-state index contributed by atoms with van der Waals surface area (Å²) in [6, 6.07) is 2.15. The van der Waals surface area contributed by atoms with Gasteiger partial charge in [0.2, 0.25) is 10.0 Å². The molecule has 2 heterocycles. The number of hydrogen-bond acceptors (Lipinski definition) is 7. The molecule has 0 aliphatic heterocycles. The number of ether oxygens (including phenoxy) is 1. The lowest BCUT2D eigenvalue weighted by molar-refractivity contribution is -0.148. The number of aromatic nitrogens is 2. The van der Waals surface area contributed by atoms with Crippen LogP contribution in [-0.2, 0) is 26.2 Å². The van der Waals surface area contributed by atoms with Crippen molar-refractivity contribution in [1.29, 1.82) is 0 Å². The Morgan fingerprint density at radius 1 is 1.16 bits per heavy atom. The maximum Gasteiger partial charge on any atom is 0.324 e. The zero-order valence-electron chi connectivity index (χ0n) is 18.9. The van der Waals surface area contributed by atoms with Gasteiger partial charge >= 0.3 is 5.97 Å². The summed E-state index contributed by atoms with van der Waals surface area (Å²) in [5.74, 6) is -1.08. The maximum absolute atomic E-state index is 13.3. The van der Waals surface area contributed by atoms with E-state index in [1.807, 2.05) is 19.9 Å². The van der Waals surface area contributed by atoms with Crippen molar-refractivity contribution >= 4 is 32.3 Å². The number of rotatable bonds is 7. The lowest BCUT2D eigenvalue weighted by atomic mass is 10.0. The van der Waals surface area contributed by atoms with Crippen LogP contribution in [0.25, 0.3) is 4.96 Å². The molecular formula is C22H27N3O5S2. The number of carbonyl (C=O) groups is 1. The van der Waals surface area contributed by atoms with Gasteiger partial charge in [0.15, 0.2) is 4.96 Å². The number of nitrogens with zero attached hydrogens (tertiary/aromatic N) is 2. The fourth-order valence-electron chi connectivity index (χ4n) is 3.46. The molecule has 10 heteroatoms. The molecule has 0 saturated heterocycles. The van der Waals surface area contributed by atoms with Gasteiger partial charge in [0.05, 0.1) is 10.6 Å². The summed E-state index contributed by atoms with van der Waals surface area (Å²) in [6.07, 6.45) is 1.62. The molecule has 1 aromatic carbocycles. The van der Waals surface area contributed by atoms with E-state index in [1.54, 1.807) is 39.3 Å². The Morgan fingerprint density at radius 2 is 1.78 bits per heavy atom. The lowest BCUT2D eigenvalue weighted by Crippen LogP contribution is -2.45. The largest absolute Gasteiger partial charge is 0.458 e. The van der Waals surface area contributed by atoms with Gasteiger partial charge in [-0.3, -0.25) is 14.0 Å². The summed E-state index contributed by atoms with van der Waals surface area (Å²) in [4.78, 5) is 29.9. The molecule has 3 aromatic rings. The molecule has 32 heavy (non-hydrogen) atoms. The highest BCUT2D eigenvalue weighted by Crippen LogP contribution is 2.26. The fourth-order valence-corrected chi connectivity index (χ4v) is 6.15. The molecule has 8 nitrogen and oxygen atoms in total. The van der Waals surface area contributed by atoms with E-state index in [2.05, 4.69) is 9.71 Å². The molecule has 0 saturated carbocycles. The molecule has 0 bridgehead atoms. The van der Waals surface area contributed by atoms with Crippen LogP contribution in [0.1, 0.15) is 41.8 Å². The molecule has 0 fully saturated rings. The number of carbonyl (C=O) groups excluding carboxylic acids is 1. The second-order valence-corrected chi connectivity index (χ2v) is 10.7. The van der Waals surface area contributed by atoms with Gasteiger partial charge in [-0.2, -0.15) is 4.72 Å². The highest BCUT2D eigenvalue weighted by molar-refractivity contribution is 7.89. The van der Waals surface area contributed by atoms with Crippen LogP contribution in [-0.4, -0.2) is 29.8 Å². The summed E-state index contributed by atoms with van der Waals surface area (Å²) < 4.78 is 35.8. The van der Waals surface area contributed by atoms with Gasteiger partial charge < -0.3 is 4.74 Å². The minimum absolute atomic E-state index is 0.186. The van der Waals surface area contributed by atoms with E-state index in [4.69, 9.17) is 4.74 Å². The van der Waals surface area contributed by atoms with Crippen LogP contribution >= 0.6 is 11.3 Å². The molecule has 0 radical (unpaired) electrons. The third-order valence-corrected chi connectivity index (χ3v) is 7.96. The van der Waals surface area contributed by atoms with E-state index in [-0.39, 0.29) is 23.0 Å². The molecule has 0 unspecified atom stereocenters. The zero-order chi connectivity index (χ0) is 23.8. The van der Waals surface area contributed by atoms with Crippen molar-refractivity contribution in [1.82, 2.24) is 14.1 Å². The maximum atomic E-state index is 13.3. The van der Waals surface area contributed by atoms with Gasteiger partial charge in [-0.05, 0) is 55.9 Å². The predicted molar refractivity (Wildman–Crippen MR) is 123 cm³/mol. The van der Waals surface area contributed by atoms with Gasteiger partial charge in [0, 0.05) is 17.6 Å². The summed E-state index contributed by atoms with van der Waals surface area (Å²) in [5.41, 5.74) is 3.04. The third kappa shape index (κ3) is 4.77. The van der Waals surface area contributed by atoms with Crippen LogP contribution in [0.5, 0.6) is 0 Å². The van der Waals surface area contributed by atoms with Crippen molar-refractivity contribution in [2.45, 2.75) is 59.1 Å². The van der Waals surface area contributed by atoms with Crippen LogP contribution in [0.2, 0.25) is 0 Å². The molecule has 3 rings (SSSR count). The van der Waals surface area contributed by atoms with Crippen LogP contribution < -0.4 is 10.3 Å². The Kier molecular flexibility index (Phi) is 6.87. The van der Waals surface area contributed by atoms with Crippen molar-refractivity contribution < 1.29 is 17.9 Å². The van der Waals surface area contributed by atoms with E-state index in [0.717, 1.165) is 11.1 Å². The topological polar surface area (TPSA) is 107 Å². The quantitative estimate of drug-likeness (QED) is 0.524. The van der Waals surface area contributed by atoms with E-state index in [0.29, 0.717) is 21.8 Å². The van der Waals surface area contributed by atoms with E-state index >= 15 is 0 Å². The number of thiazole rings is 1. The van der Waals surface area contributed by atoms with Gasteiger partial charge in [-0.25, -0.2) is 13.4 Å². The van der Waals surface area contributed by atoms with E-state index in [1.165, 1.54) is 21.8 Å². The highest BCUT2D eigenvalue weighted by Gasteiger charge is 2.32. The average Bonchev–Trinajstić information content (AvgIpc) is 3.18. The second kappa shape index (κ2) is 9.13. The Bertz CT molecular complexity index is 1310. The molecular weight excluding hydrogens is 450 g/mol. The van der Waals surface area contributed by atoms with E-state index in [9.17, 15) is 18.0 Å². The predicted octanol–water partition coefficient (Wildman–Crippen LogP) is 3.04. The SMILES string of the molecule is Cc1cc(C)c(C)c(S(=O)(=O)N[C@@H](C(=O)OCc2cc(=O)n3ccsc3n2)C(C)C)c1C. The standard InChI is InChI=1S/C22H27N3O5S2/c1-12(2)19(24-32(28,29)20-15(5)13(3)9-14(4)16(20)6)21(27)30-11-17-10-18(26)25-7-8-31-22(25)23-17/h7-10,12,19,24H,11H2,1-6H3/t19-/m1/s1.